The zero-order chi connectivity index (χ0) is 19.2. The fourth-order valence-electron chi connectivity index (χ4n) is 2.92. The molecule has 0 saturated heterocycles. The summed E-state index contributed by atoms with van der Waals surface area (Å²) in [5, 5.41) is 4.82. The maximum atomic E-state index is 13.3. The van der Waals surface area contributed by atoms with E-state index in [1.54, 1.807) is 18.1 Å². The molecule has 3 rings (SSSR count). The van der Waals surface area contributed by atoms with Crippen LogP contribution in [0.25, 0.3) is 11.6 Å². The molecule has 5 heteroatoms. The SMILES string of the molecule is CCn1ncc(Cl)c1CN(C)C(=O)/C(=C\c1ccccc1)c1ccccc1. The number of hydrogen-bond donors (Lipinski definition) is 0. The minimum atomic E-state index is -0.0648. The van der Waals surface area contributed by atoms with Crippen LogP contribution >= 0.6 is 11.6 Å². The number of aryl methyl sites for hydroxylation is 1. The molecular formula is C22H22ClN3O. The molecule has 0 unspecified atom stereocenters. The molecule has 0 saturated carbocycles. The largest absolute Gasteiger partial charge is 0.336 e. The number of aromatic nitrogens is 2. The number of likely N-dealkylation sites (N-methyl/N-ethyl adjacent to an activating group) is 1. The Balaban J connectivity index is 1.93. The minimum Gasteiger partial charge on any atom is -0.336 e. The van der Waals surface area contributed by atoms with E-state index in [1.807, 2.05) is 78.3 Å². The molecule has 1 heterocycles. The minimum absolute atomic E-state index is 0.0648. The molecule has 0 aliphatic carbocycles. The van der Waals surface area contributed by atoms with Crippen LogP contribution in [0.3, 0.4) is 0 Å². The highest BCUT2D eigenvalue weighted by Crippen LogP contribution is 2.23. The second-order valence-electron chi connectivity index (χ2n) is 6.25. The molecule has 0 aliphatic heterocycles. The molecule has 0 fully saturated rings. The van der Waals surface area contributed by atoms with Gasteiger partial charge < -0.3 is 4.90 Å². The van der Waals surface area contributed by atoms with Gasteiger partial charge in [-0.1, -0.05) is 72.3 Å². The Morgan fingerprint density at radius 2 is 1.74 bits per heavy atom. The highest BCUT2D eigenvalue weighted by molar-refractivity contribution is 6.31. The van der Waals surface area contributed by atoms with Crippen molar-refractivity contribution in [2.24, 2.45) is 0 Å². The summed E-state index contributed by atoms with van der Waals surface area (Å²) in [7, 11) is 1.79. The van der Waals surface area contributed by atoms with Crippen molar-refractivity contribution in [1.82, 2.24) is 14.7 Å². The Kier molecular flexibility index (Phi) is 6.09. The molecule has 0 bridgehead atoms. The Bertz CT molecular complexity index is 933. The van der Waals surface area contributed by atoms with Crippen LogP contribution in [0.15, 0.2) is 66.9 Å². The van der Waals surface area contributed by atoms with Gasteiger partial charge in [0.2, 0.25) is 0 Å². The van der Waals surface area contributed by atoms with E-state index in [9.17, 15) is 4.79 Å². The van der Waals surface area contributed by atoms with Crippen LogP contribution in [0.2, 0.25) is 5.02 Å². The van der Waals surface area contributed by atoms with E-state index in [-0.39, 0.29) is 5.91 Å². The van der Waals surface area contributed by atoms with Crippen LogP contribution in [0.4, 0.5) is 0 Å². The average molecular weight is 380 g/mol. The quantitative estimate of drug-likeness (QED) is 0.457. The molecule has 1 aromatic heterocycles. The predicted molar refractivity (Wildman–Crippen MR) is 110 cm³/mol. The summed E-state index contributed by atoms with van der Waals surface area (Å²) in [5.41, 5.74) is 3.34. The van der Waals surface area contributed by atoms with Gasteiger partial charge in [-0.2, -0.15) is 5.10 Å². The molecule has 138 valence electrons. The highest BCUT2D eigenvalue weighted by atomic mass is 35.5. The lowest BCUT2D eigenvalue weighted by Crippen LogP contribution is -2.28. The monoisotopic (exact) mass is 379 g/mol. The number of hydrogen-bond acceptors (Lipinski definition) is 2. The van der Waals surface area contributed by atoms with Crippen molar-refractivity contribution in [2.75, 3.05) is 7.05 Å². The molecule has 0 spiro atoms. The summed E-state index contributed by atoms with van der Waals surface area (Å²) in [5.74, 6) is -0.0648. The standard InChI is InChI=1S/C22H22ClN3O/c1-3-26-21(20(23)15-24-26)16-25(2)22(27)19(18-12-8-5-9-13-18)14-17-10-6-4-7-11-17/h4-15H,3,16H2,1-2H3/b19-14-. The van der Waals surface area contributed by atoms with Crippen molar-refractivity contribution < 1.29 is 4.79 Å². The Hall–Kier alpha value is -2.85. The molecule has 0 N–H and O–H groups in total. The first-order chi connectivity index (χ1) is 13.1. The summed E-state index contributed by atoms with van der Waals surface area (Å²) in [4.78, 5) is 14.9. The van der Waals surface area contributed by atoms with Crippen LogP contribution in [-0.4, -0.2) is 27.6 Å². The summed E-state index contributed by atoms with van der Waals surface area (Å²) < 4.78 is 1.81. The normalized spacial score (nSPS) is 11.4. The van der Waals surface area contributed by atoms with E-state index in [0.717, 1.165) is 16.8 Å². The molecular weight excluding hydrogens is 358 g/mol. The molecule has 0 radical (unpaired) electrons. The Morgan fingerprint density at radius 3 is 2.37 bits per heavy atom. The number of rotatable bonds is 6. The van der Waals surface area contributed by atoms with Crippen molar-refractivity contribution in [3.8, 4) is 0 Å². The molecule has 4 nitrogen and oxygen atoms in total. The third-order valence-electron chi connectivity index (χ3n) is 4.36. The van der Waals surface area contributed by atoms with Gasteiger partial charge in [0.05, 0.1) is 23.5 Å². The third kappa shape index (κ3) is 4.47. The first kappa shape index (κ1) is 18.9. The Labute approximate surface area is 164 Å². The van der Waals surface area contributed by atoms with Gasteiger partial charge >= 0.3 is 0 Å². The summed E-state index contributed by atoms with van der Waals surface area (Å²) in [6.45, 7) is 3.10. The van der Waals surface area contributed by atoms with Crippen molar-refractivity contribution in [1.29, 1.82) is 0 Å². The zero-order valence-electron chi connectivity index (χ0n) is 15.5. The summed E-state index contributed by atoms with van der Waals surface area (Å²) in [6.07, 6.45) is 3.55. The number of amides is 1. The van der Waals surface area contributed by atoms with Gasteiger partial charge in [-0.25, -0.2) is 0 Å². The van der Waals surface area contributed by atoms with Crippen LogP contribution in [0, 0.1) is 0 Å². The molecule has 27 heavy (non-hydrogen) atoms. The molecule has 0 aliphatic rings. The fourth-order valence-corrected chi connectivity index (χ4v) is 3.12. The first-order valence-electron chi connectivity index (χ1n) is 8.88. The molecule has 2 aromatic carbocycles. The molecule has 0 atom stereocenters. The zero-order valence-corrected chi connectivity index (χ0v) is 16.2. The van der Waals surface area contributed by atoms with Gasteiger partial charge in [0, 0.05) is 19.2 Å². The maximum Gasteiger partial charge on any atom is 0.254 e. The highest BCUT2D eigenvalue weighted by Gasteiger charge is 2.19. The third-order valence-corrected chi connectivity index (χ3v) is 4.67. The maximum absolute atomic E-state index is 13.3. The number of halogens is 1. The van der Waals surface area contributed by atoms with Crippen LogP contribution < -0.4 is 0 Å². The van der Waals surface area contributed by atoms with E-state index < -0.39 is 0 Å². The van der Waals surface area contributed by atoms with Crippen LogP contribution in [-0.2, 0) is 17.9 Å². The topological polar surface area (TPSA) is 38.1 Å². The smallest absolute Gasteiger partial charge is 0.254 e. The Morgan fingerprint density at radius 1 is 1.11 bits per heavy atom. The molecule has 1 amide bonds. The van der Waals surface area contributed by atoms with Crippen molar-refractivity contribution in [3.05, 3.63) is 88.7 Å². The van der Waals surface area contributed by atoms with Gasteiger partial charge in [0.15, 0.2) is 0 Å². The van der Waals surface area contributed by atoms with Gasteiger partial charge in [0.25, 0.3) is 5.91 Å². The lowest BCUT2D eigenvalue weighted by Gasteiger charge is -2.20. The fraction of sp³-hybridized carbons (Fsp3) is 0.182. The second-order valence-corrected chi connectivity index (χ2v) is 6.66. The van der Waals surface area contributed by atoms with E-state index in [4.69, 9.17) is 11.6 Å². The molecule has 3 aromatic rings. The average Bonchev–Trinajstić information content (AvgIpc) is 3.06. The number of nitrogens with zero attached hydrogens (tertiary/aromatic N) is 3. The van der Waals surface area contributed by atoms with E-state index >= 15 is 0 Å². The predicted octanol–water partition coefficient (Wildman–Crippen LogP) is 4.76. The van der Waals surface area contributed by atoms with Gasteiger partial charge in [-0.05, 0) is 24.1 Å². The van der Waals surface area contributed by atoms with Crippen molar-refractivity contribution >= 4 is 29.2 Å². The summed E-state index contributed by atoms with van der Waals surface area (Å²) in [6, 6.07) is 19.6. The number of carbonyl (C=O) groups is 1. The van der Waals surface area contributed by atoms with Crippen molar-refractivity contribution in [3.63, 3.8) is 0 Å². The van der Waals surface area contributed by atoms with Crippen LogP contribution in [0.5, 0.6) is 0 Å². The van der Waals surface area contributed by atoms with E-state index in [1.165, 1.54) is 0 Å². The number of benzene rings is 2. The second kappa shape index (κ2) is 8.69. The van der Waals surface area contributed by atoms with Gasteiger partial charge in [-0.3, -0.25) is 9.48 Å². The van der Waals surface area contributed by atoms with E-state index in [2.05, 4.69) is 5.10 Å². The van der Waals surface area contributed by atoms with Gasteiger partial charge in [0.1, 0.15) is 0 Å². The first-order valence-corrected chi connectivity index (χ1v) is 9.25. The van der Waals surface area contributed by atoms with E-state index in [0.29, 0.717) is 23.7 Å². The van der Waals surface area contributed by atoms with Gasteiger partial charge in [-0.15, -0.1) is 0 Å². The lowest BCUT2D eigenvalue weighted by atomic mass is 10.0. The van der Waals surface area contributed by atoms with Crippen LogP contribution in [0.1, 0.15) is 23.7 Å². The van der Waals surface area contributed by atoms with Crippen molar-refractivity contribution in [2.45, 2.75) is 20.0 Å². The summed E-state index contributed by atoms with van der Waals surface area (Å²) >= 11 is 6.26. The number of carbonyl (C=O) groups excluding carboxylic acids is 1. The lowest BCUT2D eigenvalue weighted by molar-refractivity contribution is -0.124.